The Morgan fingerprint density at radius 2 is 1.58 bits per heavy atom. The molecule has 3 aromatic rings. The maximum Gasteiger partial charge on any atom is 0.410 e. The number of aliphatic hydroxyl groups excluding tert-OH is 4. The summed E-state index contributed by atoms with van der Waals surface area (Å²) in [5, 5.41) is 45.2. The fourth-order valence-corrected chi connectivity index (χ4v) is 6.45. The smallest absolute Gasteiger partial charge is 0.410 e. The number of hydrogen-bond donors (Lipinski definition) is 8. The van der Waals surface area contributed by atoms with Crippen molar-refractivity contribution in [1.82, 2.24) is 30.4 Å². The Hall–Kier alpha value is -4.58. The molecular weight excluding hydrogens is 780 g/mol. The van der Waals surface area contributed by atoms with Crippen molar-refractivity contribution in [1.29, 1.82) is 0 Å². The Kier molecular flexibility index (Phi) is 19.7. The largest absolute Gasteiger partial charge is 0.444 e. The summed E-state index contributed by atoms with van der Waals surface area (Å²) in [5.41, 5.74) is 13.9. The van der Waals surface area contributed by atoms with Crippen LogP contribution in [0.2, 0.25) is 5.15 Å². The molecule has 326 valence electrons. The number of hydrogen-bond acceptors (Lipinski definition) is 13. The third-order valence-corrected chi connectivity index (χ3v) is 9.90. The predicted octanol–water partition coefficient (Wildman–Crippen LogP) is 3.32. The van der Waals surface area contributed by atoms with Gasteiger partial charge in [-0.3, -0.25) is 14.5 Å². The fourth-order valence-electron chi connectivity index (χ4n) is 6.33. The van der Waals surface area contributed by atoms with Crippen LogP contribution in [0.1, 0.15) is 90.9 Å². The summed E-state index contributed by atoms with van der Waals surface area (Å²) in [7, 11) is 0. The fraction of sp³-hybridized carbons (Fsp3) is 0.548. The van der Waals surface area contributed by atoms with Crippen LogP contribution < -0.4 is 22.1 Å². The van der Waals surface area contributed by atoms with Gasteiger partial charge in [-0.05, 0) is 81.8 Å². The first-order chi connectivity index (χ1) is 27.9. The molecule has 3 amide bonds. The molecule has 16 nitrogen and oxygen atoms in total. The number of carbonyl (C=O) groups is 3. The standard InChI is InChI=1S/C42H63ClN8O8/c1-6-7-8-11-19-50(25-32(53)35(55)33(54)26-52)20-18-46-39(56)30-16-14-28(15-17-30)23-51(41(58)59-42(3,4)5)24-29(21-31-13-10-9-12-27(31)2)22-47-40(57)34-37(44)49-38(45)36(43)48-34/h9-10,12-17,29,32-33,35,52-55H,6-8,11,18-26H2,1-5H3,(H,46,56)(H,47,57)(H4,44,45,49). The van der Waals surface area contributed by atoms with E-state index in [1.807, 2.05) is 36.1 Å². The number of carbonyl (C=O) groups excluding carboxylic acids is 3. The third-order valence-electron chi connectivity index (χ3n) is 9.62. The average Bonchev–Trinajstić information content (AvgIpc) is 3.19. The molecule has 0 aliphatic carbocycles. The van der Waals surface area contributed by atoms with Gasteiger partial charge in [0.1, 0.15) is 17.8 Å². The minimum absolute atomic E-state index is 0.0576. The molecule has 2 aromatic carbocycles. The topological polar surface area (TPSA) is 250 Å². The third kappa shape index (κ3) is 16.5. The summed E-state index contributed by atoms with van der Waals surface area (Å²) >= 11 is 6.03. The molecule has 3 rings (SSSR count). The molecule has 0 aliphatic rings. The first-order valence-corrected chi connectivity index (χ1v) is 20.4. The number of aliphatic hydroxyl groups is 4. The number of halogens is 1. The zero-order chi connectivity index (χ0) is 43.7. The molecule has 1 aromatic heterocycles. The van der Waals surface area contributed by atoms with E-state index in [1.54, 1.807) is 49.9 Å². The number of nitrogen functional groups attached to an aromatic ring is 2. The van der Waals surface area contributed by atoms with E-state index < -0.39 is 42.5 Å². The minimum atomic E-state index is -1.51. The Balaban J connectivity index is 1.75. The van der Waals surface area contributed by atoms with E-state index in [4.69, 9.17) is 27.8 Å². The lowest BCUT2D eigenvalue weighted by molar-refractivity contribution is -0.0840. The van der Waals surface area contributed by atoms with Gasteiger partial charge < -0.3 is 52.2 Å². The zero-order valence-corrected chi connectivity index (χ0v) is 35.6. The highest BCUT2D eigenvalue weighted by Crippen LogP contribution is 2.21. The molecule has 0 spiro atoms. The SMILES string of the molecule is CCCCCCN(CCNC(=O)c1ccc(CN(CC(CNC(=O)c2nc(Cl)c(N)nc2N)Cc2ccccc2C)C(=O)OC(C)(C)C)cc1)CC(O)C(O)C(O)CO. The molecule has 0 saturated carbocycles. The number of aryl methyl sites for hydroxylation is 1. The van der Waals surface area contributed by atoms with E-state index >= 15 is 0 Å². The lowest BCUT2D eigenvalue weighted by atomic mass is 9.95. The number of benzene rings is 2. The van der Waals surface area contributed by atoms with Gasteiger partial charge in [-0.25, -0.2) is 14.8 Å². The van der Waals surface area contributed by atoms with Crippen molar-refractivity contribution in [3.05, 3.63) is 81.6 Å². The minimum Gasteiger partial charge on any atom is -0.444 e. The van der Waals surface area contributed by atoms with Crippen LogP contribution >= 0.6 is 11.6 Å². The van der Waals surface area contributed by atoms with Gasteiger partial charge in [0.15, 0.2) is 22.5 Å². The molecule has 0 bridgehead atoms. The number of anilines is 2. The highest BCUT2D eigenvalue weighted by Gasteiger charge is 2.28. The van der Waals surface area contributed by atoms with Gasteiger partial charge in [0, 0.05) is 44.8 Å². The van der Waals surface area contributed by atoms with Gasteiger partial charge in [-0.1, -0.05) is 74.2 Å². The first-order valence-electron chi connectivity index (χ1n) is 20.1. The summed E-state index contributed by atoms with van der Waals surface area (Å²) in [6, 6.07) is 14.7. The maximum absolute atomic E-state index is 13.7. The van der Waals surface area contributed by atoms with Crippen LogP contribution in [0.25, 0.3) is 0 Å². The van der Waals surface area contributed by atoms with E-state index in [1.165, 1.54) is 0 Å². The van der Waals surface area contributed by atoms with Gasteiger partial charge in [0.05, 0.1) is 12.7 Å². The average molecular weight is 843 g/mol. The van der Waals surface area contributed by atoms with Crippen LogP contribution in [0.5, 0.6) is 0 Å². The summed E-state index contributed by atoms with van der Waals surface area (Å²) in [6.07, 6.45) is -0.330. The Bertz CT molecular complexity index is 1800. The van der Waals surface area contributed by atoms with E-state index in [2.05, 4.69) is 27.5 Å². The van der Waals surface area contributed by atoms with E-state index in [0.29, 0.717) is 25.1 Å². The van der Waals surface area contributed by atoms with Crippen LogP contribution in [0.4, 0.5) is 16.4 Å². The van der Waals surface area contributed by atoms with Crippen LogP contribution in [-0.4, -0.2) is 128 Å². The van der Waals surface area contributed by atoms with Crippen molar-refractivity contribution in [3.8, 4) is 0 Å². The highest BCUT2D eigenvalue weighted by molar-refractivity contribution is 6.31. The van der Waals surface area contributed by atoms with Crippen LogP contribution in [0.3, 0.4) is 0 Å². The molecular formula is C42H63ClN8O8. The highest BCUT2D eigenvalue weighted by atomic mass is 35.5. The number of unbranched alkanes of at least 4 members (excludes halogenated alkanes) is 3. The molecule has 10 N–H and O–H groups in total. The molecule has 1 heterocycles. The van der Waals surface area contributed by atoms with Crippen LogP contribution in [-0.2, 0) is 17.7 Å². The van der Waals surface area contributed by atoms with E-state index in [-0.39, 0.29) is 67.0 Å². The number of nitrogens with two attached hydrogens (primary N) is 2. The summed E-state index contributed by atoms with van der Waals surface area (Å²) < 4.78 is 5.82. The molecule has 0 aliphatic heterocycles. The second-order valence-electron chi connectivity index (χ2n) is 15.8. The lowest BCUT2D eigenvalue weighted by Crippen LogP contribution is -2.47. The maximum atomic E-state index is 13.7. The molecule has 0 saturated heterocycles. The number of ether oxygens (including phenoxy) is 1. The summed E-state index contributed by atoms with van der Waals surface area (Å²) in [4.78, 5) is 51.5. The Morgan fingerprint density at radius 3 is 2.22 bits per heavy atom. The molecule has 0 fully saturated rings. The van der Waals surface area contributed by atoms with Crippen LogP contribution in [0, 0.1) is 12.8 Å². The Morgan fingerprint density at radius 1 is 0.881 bits per heavy atom. The Labute approximate surface area is 352 Å². The predicted molar refractivity (Wildman–Crippen MR) is 228 cm³/mol. The number of nitrogens with one attached hydrogen (secondary N) is 2. The lowest BCUT2D eigenvalue weighted by Gasteiger charge is -2.31. The summed E-state index contributed by atoms with van der Waals surface area (Å²) in [6.45, 7) is 10.6. The zero-order valence-electron chi connectivity index (χ0n) is 34.9. The van der Waals surface area contributed by atoms with Crippen molar-refractivity contribution in [2.75, 3.05) is 57.3 Å². The normalized spacial score (nSPS) is 13.7. The summed E-state index contributed by atoms with van der Waals surface area (Å²) in [5.74, 6) is -1.47. The van der Waals surface area contributed by atoms with Crippen molar-refractivity contribution in [3.63, 3.8) is 0 Å². The second-order valence-corrected chi connectivity index (χ2v) is 16.2. The van der Waals surface area contributed by atoms with Crippen molar-refractivity contribution >= 4 is 41.1 Å². The molecule has 4 unspecified atom stereocenters. The molecule has 0 radical (unpaired) electrons. The number of rotatable bonds is 23. The molecule has 4 atom stereocenters. The van der Waals surface area contributed by atoms with Crippen molar-refractivity contribution in [2.24, 2.45) is 5.92 Å². The van der Waals surface area contributed by atoms with E-state index in [0.717, 1.165) is 42.4 Å². The van der Waals surface area contributed by atoms with Crippen LogP contribution in [0.15, 0.2) is 48.5 Å². The van der Waals surface area contributed by atoms with E-state index in [9.17, 15) is 34.8 Å². The molecule has 59 heavy (non-hydrogen) atoms. The van der Waals surface area contributed by atoms with Gasteiger partial charge in [-0.2, -0.15) is 0 Å². The van der Waals surface area contributed by atoms with Crippen molar-refractivity contribution in [2.45, 2.75) is 97.2 Å². The molecule has 17 heteroatoms. The number of aromatic nitrogens is 2. The van der Waals surface area contributed by atoms with Gasteiger partial charge in [-0.15, -0.1) is 0 Å². The number of amides is 3. The number of nitrogens with zero attached hydrogens (tertiary/aromatic N) is 4. The first kappa shape index (κ1) is 48.8. The van der Waals surface area contributed by atoms with Crippen molar-refractivity contribution < 1.29 is 39.5 Å². The monoisotopic (exact) mass is 842 g/mol. The van der Waals surface area contributed by atoms with Gasteiger partial charge in [0.25, 0.3) is 11.8 Å². The second kappa shape index (κ2) is 23.9. The van der Waals surface area contributed by atoms with Gasteiger partial charge in [0.2, 0.25) is 0 Å². The quantitative estimate of drug-likeness (QED) is 0.0640. The van der Waals surface area contributed by atoms with Gasteiger partial charge >= 0.3 is 6.09 Å².